The van der Waals surface area contributed by atoms with Crippen molar-refractivity contribution in [2.75, 3.05) is 13.1 Å². The van der Waals surface area contributed by atoms with Crippen LogP contribution >= 0.6 is 0 Å². The summed E-state index contributed by atoms with van der Waals surface area (Å²) in [7, 11) is 0. The Morgan fingerprint density at radius 2 is 2.47 bits per heavy atom. The van der Waals surface area contributed by atoms with Gasteiger partial charge >= 0.3 is 6.03 Å². The van der Waals surface area contributed by atoms with E-state index < -0.39 is 0 Å². The van der Waals surface area contributed by atoms with Crippen LogP contribution in [0.2, 0.25) is 0 Å². The van der Waals surface area contributed by atoms with Crippen molar-refractivity contribution in [3.8, 4) is 0 Å². The van der Waals surface area contributed by atoms with Gasteiger partial charge in [0.05, 0.1) is 6.04 Å². The number of amides is 2. The molecule has 1 aromatic heterocycles. The van der Waals surface area contributed by atoms with Gasteiger partial charge in [0, 0.05) is 31.9 Å². The second-order valence-corrected chi connectivity index (χ2v) is 4.19. The molecule has 1 aromatic rings. The Hall–Kier alpha value is -1.91. The van der Waals surface area contributed by atoms with Crippen LogP contribution in [0.15, 0.2) is 24.5 Å². The van der Waals surface area contributed by atoms with Crippen molar-refractivity contribution >= 4 is 11.8 Å². The van der Waals surface area contributed by atoms with Crippen LogP contribution < -0.4 is 5.32 Å². The number of urea groups is 1. The van der Waals surface area contributed by atoms with Gasteiger partial charge in [-0.15, -0.1) is 0 Å². The second kappa shape index (κ2) is 4.95. The predicted molar refractivity (Wildman–Crippen MR) is 62.4 cm³/mol. The van der Waals surface area contributed by atoms with Crippen molar-refractivity contribution in [1.29, 1.82) is 0 Å². The molecule has 5 nitrogen and oxygen atoms in total. The van der Waals surface area contributed by atoms with Gasteiger partial charge in [0.1, 0.15) is 5.78 Å². The Morgan fingerprint density at radius 1 is 1.65 bits per heavy atom. The van der Waals surface area contributed by atoms with Gasteiger partial charge in [-0.2, -0.15) is 0 Å². The first-order valence-corrected chi connectivity index (χ1v) is 5.61. The molecule has 17 heavy (non-hydrogen) atoms. The predicted octanol–water partition coefficient (Wildman–Crippen LogP) is 1.13. The number of Topliss-reactive ketones (excluding diaryl/α,β-unsaturated/α-hetero) is 1. The summed E-state index contributed by atoms with van der Waals surface area (Å²) in [4.78, 5) is 28.2. The number of hydrogen-bond acceptors (Lipinski definition) is 3. The lowest BCUT2D eigenvalue weighted by atomic mass is 10.1. The van der Waals surface area contributed by atoms with Crippen LogP contribution in [0.4, 0.5) is 4.79 Å². The number of nitrogens with zero attached hydrogens (tertiary/aromatic N) is 2. The molecule has 0 bridgehead atoms. The van der Waals surface area contributed by atoms with Crippen molar-refractivity contribution in [3.63, 3.8) is 0 Å². The molecule has 1 saturated heterocycles. The highest BCUT2D eigenvalue weighted by atomic mass is 16.2. The topological polar surface area (TPSA) is 62.3 Å². The highest BCUT2D eigenvalue weighted by Crippen LogP contribution is 2.19. The van der Waals surface area contributed by atoms with Crippen LogP contribution in [0.3, 0.4) is 0 Å². The van der Waals surface area contributed by atoms with Gasteiger partial charge in [0.2, 0.25) is 0 Å². The first-order valence-electron chi connectivity index (χ1n) is 5.61. The third-order valence-corrected chi connectivity index (χ3v) is 2.81. The molecule has 1 N–H and O–H groups in total. The number of hydrogen-bond donors (Lipinski definition) is 1. The molecule has 2 rings (SSSR count). The third-order valence-electron chi connectivity index (χ3n) is 2.81. The van der Waals surface area contributed by atoms with E-state index in [1.54, 1.807) is 17.3 Å². The minimum absolute atomic E-state index is 0.0249. The average molecular weight is 233 g/mol. The maximum Gasteiger partial charge on any atom is 0.318 e. The van der Waals surface area contributed by atoms with Crippen molar-refractivity contribution < 1.29 is 9.59 Å². The molecule has 5 heteroatoms. The summed E-state index contributed by atoms with van der Waals surface area (Å²) in [5.74, 6) is 0.0997. The van der Waals surface area contributed by atoms with Crippen LogP contribution in [-0.2, 0) is 4.79 Å². The summed E-state index contributed by atoms with van der Waals surface area (Å²) in [6.07, 6.45) is 3.86. The number of pyridine rings is 1. The van der Waals surface area contributed by atoms with E-state index in [4.69, 9.17) is 0 Å². The number of aromatic nitrogens is 1. The van der Waals surface area contributed by atoms with E-state index in [1.807, 2.05) is 12.1 Å². The molecule has 1 aliphatic heterocycles. The number of nitrogens with one attached hydrogen (secondary N) is 1. The Labute approximate surface area is 99.8 Å². The van der Waals surface area contributed by atoms with E-state index in [9.17, 15) is 9.59 Å². The van der Waals surface area contributed by atoms with Gasteiger partial charge in [-0.05, 0) is 18.6 Å². The first-order chi connectivity index (χ1) is 8.16. The molecule has 0 spiro atoms. The van der Waals surface area contributed by atoms with E-state index >= 15 is 0 Å². The van der Waals surface area contributed by atoms with E-state index in [2.05, 4.69) is 10.3 Å². The maximum absolute atomic E-state index is 11.7. The zero-order valence-electron chi connectivity index (χ0n) is 9.72. The van der Waals surface area contributed by atoms with Crippen molar-refractivity contribution in [3.05, 3.63) is 30.1 Å². The fraction of sp³-hybridized carbons (Fsp3) is 0.417. The van der Waals surface area contributed by atoms with Crippen LogP contribution in [0.5, 0.6) is 0 Å². The van der Waals surface area contributed by atoms with E-state index in [1.165, 1.54) is 6.92 Å². The van der Waals surface area contributed by atoms with Gasteiger partial charge < -0.3 is 10.2 Å². The highest BCUT2D eigenvalue weighted by molar-refractivity contribution is 5.79. The molecule has 0 saturated carbocycles. The van der Waals surface area contributed by atoms with Gasteiger partial charge in [0.25, 0.3) is 0 Å². The molecule has 0 aliphatic carbocycles. The number of ketones is 1. The van der Waals surface area contributed by atoms with E-state index in [0.29, 0.717) is 19.5 Å². The minimum Gasteiger partial charge on any atom is -0.329 e. The summed E-state index contributed by atoms with van der Waals surface area (Å²) in [6, 6.07) is 3.65. The van der Waals surface area contributed by atoms with Crippen LogP contribution in [0, 0.1) is 0 Å². The van der Waals surface area contributed by atoms with Gasteiger partial charge in [-0.3, -0.25) is 9.78 Å². The molecular formula is C12H15N3O2. The van der Waals surface area contributed by atoms with Gasteiger partial charge in [0.15, 0.2) is 0 Å². The monoisotopic (exact) mass is 233 g/mol. The molecule has 0 radical (unpaired) electrons. The summed E-state index contributed by atoms with van der Waals surface area (Å²) >= 11 is 0. The lowest BCUT2D eigenvalue weighted by molar-refractivity contribution is -0.117. The molecule has 2 amide bonds. The summed E-state index contributed by atoms with van der Waals surface area (Å²) in [5, 5.41) is 2.88. The Morgan fingerprint density at radius 3 is 3.12 bits per heavy atom. The van der Waals surface area contributed by atoms with Crippen molar-refractivity contribution in [2.24, 2.45) is 0 Å². The molecule has 0 aromatic carbocycles. The lowest BCUT2D eigenvalue weighted by Gasteiger charge is -2.13. The molecule has 1 unspecified atom stereocenters. The number of carbonyl (C=O) groups excluding carboxylic acids is 2. The summed E-state index contributed by atoms with van der Waals surface area (Å²) in [5.41, 5.74) is 0.992. The summed E-state index contributed by atoms with van der Waals surface area (Å²) in [6.45, 7) is 2.61. The van der Waals surface area contributed by atoms with Crippen LogP contribution in [0.1, 0.15) is 24.9 Å². The largest absolute Gasteiger partial charge is 0.329 e. The molecular weight excluding hydrogens is 218 g/mol. The molecule has 1 fully saturated rings. The fourth-order valence-corrected chi connectivity index (χ4v) is 1.85. The second-order valence-electron chi connectivity index (χ2n) is 4.19. The van der Waals surface area contributed by atoms with Crippen molar-refractivity contribution in [1.82, 2.24) is 15.2 Å². The quantitative estimate of drug-likeness (QED) is 0.847. The third kappa shape index (κ3) is 2.81. The highest BCUT2D eigenvalue weighted by Gasteiger charge is 2.29. The van der Waals surface area contributed by atoms with Crippen LogP contribution in [-0.4, -0.2) is 34.8 Å². The average Bonchev–Trinajstić information content (AvgIpc) is 2.69. The molecule has 2 heterocycles. The SMILES string of the molecule is CC(=O)CCN1CC(c2cccnc2)NC1=O. The minimum atomic E-state index is -0.111. The van der Waals surface area contributed by atoms with E-state index in [-0.39, 0.29) is 17.9 Å². The lowest BCUT2D eigenvalue weighted by Crippen LogP contribution is -2.29. The molecule has 90 valence electrons. The normalized spacial score (nSPS) is 19.2. The smallest absolute Gasteiger partial charge is 0.318 e. The van der Waals surface area contributed by atoms with Crippen molar-refractivity contribution in [2.45, 2.75) is 19.4 Å². The molecule has 1 atom stereocenters. The Bertz CT molecular complexity index is 419. The Balaban J connectivity index is 1.97. The zero-order valence-corrected chi connectivity index (χ0v) is 9.72. The summed E-state index contributed by atoms with van der Waals surface area (Å²) < 4.78 is 0. The van der Waals surface area contributed by atoms with Crippen LogP contribution in [0.25, 0.3) is 0 Å². The number of rotatable bonds is 4. The van der Waals surface area contributed by atoms with Gasteiger partial charge in [-0.1, -0.05) is 6.07 Å². The van der Waals surface area contributed by atoms with E-state index in [0.717, 1.165) is 5.56 Å². The zero-order chi connectivity index (χ0) is 12.3. The Kier molecular flexibility index (Phi) is 3.37. The van der Waals surface area contributed by atoms with Gasteiger partial charge in [-0.25, -0.2) is 4.79 Å². The molecule has 1 aliphatic rings. The maximum atomic E-state index is 11.7. The first kappa shape index (κ1) is 11.6. The standard InChI is InChI=1S/C12H15N3O2/c1-9(16)4-6-15-8-11(14-12(15)17)10-3-2-5-13-7-10/h2-3,5,7,11H,4,6,8H2,1H3,(H,14,17). The number of carbonyl (C=O) groups is 2. The fourth-order valence-electron chi connectivity index (χ4n) is 1.85.